The van der Waals surface area contributed by atoms with E-state index in [0.717, 1.165) is 23.0 Å². The Balaban J connectivity index is 2.37. The number of thiazole rings is 1. The maximum atomic E-state index is 5.47. The van der Waals surface area contributed by atoms with E-state index in [-0.39, 0.29) is 0 Å². The van der Waals surface area contributed by atoms with E-state index >= 15 is 0 Å². The molecule has 0 radical (unpaired) electrons. The first-order valence-corrected chi connectivity index (χ1v) is 6.49. The van der Waals surface area contributed by atoms with Crippen LogP contribution >= 0.6 is 11.3 Å². The lowest BCUT2D eigenvalue weighted by Crippen LogP contribution is -2.04. The van der Waals surface area contributed by atoms with E-state index in [4.69, 9.17) is 4.74 Å². The SMILES string of the molecule is CCOc1nc(-c2ccccc2)c(CNC)s1. The Morgan fingerprint density at radius 2 is 2.06 bits per heavy atom. The molecule has 0 spiro atoms. The molecule has 0 saturated heterocycles. The highest BCUT2D eigenvalue weighted by molar-refractivity contribution is 7.13. The molecule has 3 nitrogen and oxygen atoms in total. The van der Waals surface area contributed by atoms with Crippen molar-refractivity contribution in [1.82, 2.24) is 10.3 Å². The van der Waals surface area contributed by atoms with E-state index in [1.807, 2.05) is 32.2 Å². The average Bonchev–Trinajstić information content (AvgIpc) is 2.74. The molecule has 0 saturated carbocycles. The molecule has 0 bridgehead atoms. The number of aromatic nitrogens is 1. The minimum atomic E-state index is 0.654. The van der Waals surface area contributed by atoms with Gasteiger partial charge < -0.3 is 10.1 Å². The van der Waals surface area contributed by atoms with Crippen molar-refractivity contribution in [3.05, 3.63) is 35.2 Å². The maximum Gasteiger partial charge on any atom is 0.274 e. The monoisotopic (exact) mass is 248 g/mol. The third kappa shape index (κ3) is 2.84. The van der Waals surface area contributed by atoms with Crippen LogP contribution in [0.5, 0.6) is 5.19 Å². The van der Waals surface area contributed by atoms with Gasteiger partial charge in [-0.3, -0.25) is 0 Å². The number of nitrogens with one attached hydrogen (secondary N) is 1. The Labute approximate surface area is 105 Å². The fourth-order valence-electron chi connectivity index (χ4n) is 1.62. The smallest absolute Gasteiger partial charge is 0.274 e. The van der Waals surface area contributed by atoms with Crippen molar-refractivity contribution in [1.29, 1.82) is 0 Å². The van der Waals surface area contributed by atoms with Gasteiger partial charge in [-0.2, -0.15) is 0 Å². The van der Waals surface area contributed by atoms with Crippen LogP contribution in [-0.4, -0.2) is 18.6 Å². The lowest BCUT2D eigenvalue weighted by atomic mass is 10.1. The number of rotatable bonds is 5. The molecule has 4 heteroatoms. The van der Waals surface area contributed by atoms with Gasteiger partial charge in [-0.1, -0.05) is 41.7 Å². The number of hydrogen-bond acceptors (Lipinski definition) is 4. The zero-order valence-electron chi connectivity index (χ0n) is 10.1. The summed E-state index contributed by atoms with van der Waals surface area (Å²) >= 11 is 1.61. The van der Waals surface area contributed by atoms with Crippen molar-refractivity contribution in [3.8, 4) is 16.5 Å². The molecule has 0 unspecified atom stereocenters. The molecule has 17 heavy (non-hydrogen) atoms. The molecule has 0 aliphatic heterocycles. The fourth-order valence-corrected chi connectivity index (χ4v) is 2.62. The van der Waals surface area contributed by atoms with Gasteiger partial charge in [-0.25, -0.2) is 4.98 Å². The number of hydrogen-bond donors (Lipinski definition) is 1. The minimum Gasteiger partial charge on any atom is -0.470 e. The molecule has 0 atom stereocenters. The molecule has 2 aromatic rings. The van der Waals surface area contributed by atoms with E-state index in [1.54, 1.807) is 11.3 Å². The summed E-state index contributed by atoms with van der Waals surface area (Å²) in [5.41, 5.74) is 2.16. The number of ether oxygens (including phenoxy) is 1. The third-order valence-corrected chi connectivity index (χ3v) is 3.30. The van der Waals surface area contributed by atoms with Gasteiger partial charge in [-0.05, 0) is 14.0 Å². The van der Waals surface area contributed by atoms with Gasteiger partial charge in [-0.15, -0.1) is 0 Å². The molecule has 2 rings (SSSR count). The topological polar surface area (TPSA) is 34.1 Å². The molecule has 0 aliphatic rings. The summed E-state index contributed by atoms with van der Waals surface area (Å²) in [4.78, 5) is 5.76. The quantitative estimate of drug-likeness (QED) is 0.883. The Morgan fingerprint density at radius 1 is 1.29 bits per heavy atom. The van der Waals surface area contributed by atoms with Gasteiger partial charge in [0.1, 0.15) is 0 Å². The van der Waals surface area contributed by atoms with Gasteiger partial charge in [0.15, 0.2) is 0 Å². The van der Waals surface area contributed by atoms with Crippen LogP contribution < -0.4 is 10.1 Å². The van der Waals surface area contributed by atoms with Crippen LogP contribution in [0.1, 0.15) is 11.8 Å². The Bertz CT molecular complexity index is 468. The third-order valence-electron chi connectivity index (χ3n) is 2.33. The second-order valence-electron chi connectivity index (χ2n) is 3.58. The summed E-state index contributed by atoms with van der Waals surface area (Å²) in [5, 5.41) is 3.91. The molecular weight excluding hydrogens is 232 g/mol. The zero-order chi connectivity index (χ0) is 12.1. The van der Waals surface area contributed by atoms with Crippen molar-refractivity contribution in [2.24, 2.45) is 0 Å². The van der Waals surface area contributed by atoms with E-state index in [0.29, 0.717) is 6.61 Å². The van der Waals surface area contributed by atoms with Crippen molar-refractivity contribution in [3.63, 3.8) is 0 Å². The predicted octanol–water partition coefficient (Wildman–Crippen LogP) is 2.93. The minimum absolute atomic E-state index is 0.654. The highest BCUT2D eigenvalue weighted by Gasteiger charge is 2.12. The summed E-state index contributed by atoms with van der Waals surface area (Å²) in [5.74, 6) is 0. The standard InChI is InChI=1S/C13H16N2OS/c1-3-16-13-15-12(11(17-13)9-14-2)10-7-5-4-6-8-10/h4-8,14H,3,9H2,1-2H3. The van der Waals surface area contributed by atoms with E-state index in [1.165, 1.54) is 4.88 Å². The number of nitrogens with zero attached hydrogens (tertiary/aromatic N) is 1. The van der Waals surface area contributed by atoms with Crippen LogP contribution in [0.3, 0.4) is 0 Å². The van der Waals surface area contributed by atoms with Crippen molar-refractivity contribution in [2.75, 3.05) is 13.7 Å². The summed E-state index contributed by atoms with van der Waals surface area (Å²) < 4.78 is 5.47. The zero-order valence-corrected chi connectivity index (χ0v) is 10.9. The van der Waals surface area contributed by atoms with E-state index in [9.17, 15) is 0 Å². The van der Waals surface area contributed by atoms with Crippen LogP contribution in [0.4, 0.5) is 0 Å². The largest absolute Gasteiger partial charge is 0.470 e. The maximum absolute atomic E-state index is 5.47. The van der Waals surface area contributed by atoms with E-state index in [2.05, 4.69) is 22.4 Å². The van der Waals surface area contributed by atoms with Crippen LogP contribution in [0.15, 0.2) is 30.3 Å². The first-order valence-electron chi connectivity index (χ1n) is 5.67. The molecule has 0 amide bonds. The molecular formula is C13H16N2OS. The fraction of sp³-hybridized carbons (Fsp3) is 0.308. The van der Waals surface area contributed by atoms with Crippen LogP contribution in [0.2, 0.25) is 0 Å². The molecule has 1 heterocycles. The normalized spacial score (nSPS) is 10.5. The van der Waals surface area contributed by atoms with Crippen molar-refractivity contribution < 1.29 is 4.74 Å². The summed E-state index contributed by atoms with van der Waals surface area (Å²) in [7, 11) is 1.94. The van der Waals surface area contributed by atoms with E-state index < -0.39 is 0 Å². The molecule has 90 valence electrons. The molecule has 0 fully saturated rings. The molecule has 0 aliphatic carbocycles. The molecule has 1 aromatic carbocycles. The van der Waals surface area contributed by atoms with Crippen LogP contribution in [0.25, 0.3) is 11.3 Å². The predicted molar refractivity (Wildman–Crippen MR) is 71.5 cm³/mol. The van der Waals surface area contributed by atoms with Gasteiger partial charge in [0.05, 0.1) is 12.3 Å². The second kappa shape index (κ2) is 5.80. The van der Waals surface area contributed by atoms with Crippen molar-refractivity contribution in [2.45, 2.75) is 13.5 Å². The van der Waals surface area contributed by atoms with Gasteiger partial charge in [0.2, 0.25) is 0 Å². The highest BCUT2D eigenvalue weighted by Crippen LogP contribution is 2.32. The Morgan fingerprint density at radius 3 is 2.71 bits per heavy atom. The summed E-state index contributed by atoms with van der Waals surface area (Å²) in [6, 6.07) is 10.2. The van der Waals surface area contributed by atoms with Crippen LogP contribution in [-0.2, 0) is 6.54 Å². The lowest BCUT2D eigenvalue weighted by Gasteiger charge is -2.00. The van der Waals surface area contributed by atoms with Crippen molar-refractivity contribution >= 4 is 11.3 Å². The Hall–Kier alpha value is -1.39. The lowest BCUT2D eigenvalue weighted by molar-refractivity contribution is 0.338. The van der Waals surface area contributed by atoms with Crippen LogP contribution in [0, 0.1) is 0 Å². The van der Waals surface area contributed by atoms with Gasteiger partial charge >= 0.3 is 0 Å². The first-order chi connectivity index (χ1) is 8.35. The van der Waals surface area contributed by atoms with Gasteiger partial charge in [0, 0.05) is 17.0 Å². The first kappa shape index (κ1) is 12.1. The average molecular weight is 248 g/mol. The van der Waals surface area contributed by atoms with Gasteiger partial charge in [0.25, 0.3) is 5.19 Å². The Kier molecular flexibility index (Phi) is 4.12. The summed E-state index contributed by atoms with van der Waals surface area (Å²) in [6.07, 6.45) is 0. The second-order valence-corrected chi connectivity index (χ2v) is 4.63. The molecule has 1 aromatic heterocycles. The summed E-state index contributed by atoms with van der Waals surface area (Å²) in [6.45, 7) is 3.44. The molecule has 1 N–H and O–H groups in total. The number of benzene rings is 1. The highest BCUT2D eigenvalue weighted by atomic mass is 32.1.